The van der Waals surface area contributed by atoms with Gasteiger partial charge in [-0.25, -0.2) is 0 Å². The van der Waals surface area contributed by atoms with E-state index >= 15 is 0 Å². The average Bonchev–Trinajstić information content (AvgIpc) is 3.19. The molecule has 116 valence electrons. The predicted octanol–water partition coefficient (Wildman–Crippen LogP) is 3.52. The Morgan fingerprint density at radius 2 is 2.27 bits per heavy atom. The summed E-state index contributed by atoms with van der Waals surface area (Å²) in [5, 5.41) is 20.3. The Morgan fingerprint density at radius 3 is 2.95 bits per heavy atom. The van der Waals surface area contributed by atoms with Crippen molar-refractivity contribution < 1.29 is 9.52 Å². The van der Waals surface area contributed by atoms with Gasteiger partial charge < -0.3 is 14.8 Å². The fourth-order valence-corrected chi connectivity index (χ4v) is 3.23. The number of hydrogen-bond donors (Lipinski definition) is 3. The van der Waals surface area contributed by atoms with Crippen LogP contribution >= 0.6 is 22.9 Å². The maximum atomic E-state index is 10.1. The van der Waals surface area contributed by atoms with Crippen LogP contribution in [0.25, 0.3) is 11.5 Å². The molecule has 22 heavy (non-hydrogen) atoms. The van der Waals surface area contributed by atoms with E-state index < -0.39 is 6.10 Å². The van der Waals surface area contributed by atoms with Crippen molar-refractivity contribution in [1.29, 1.82) is 0 Å². The Kier molecular flexibility index (Phi) is 4.63. The molecule has 1 unspecified atom stereocenters. The number of hydrogen-bond acceptors (Lipinski definition) is 5. The third-order valence-electron chi connectivity index (χ3n) is 3.28. The van der Waals surface area contributed by atoms with Gasteiger partial charge in [0.2, 0.25) is 0 Å². The molecule has 0 aliphatic rings. The fourth-order valence-electron chi connectivity index (χ4n) is 2.18. The molecule has 3 N–H and O–H groups in total. The van der Waals surface area contributed by atoms with E-state index in [4.69, 9.17) is 16.0 Å². The number of rotatable bonds is 6. The van der Waals surface area contributed by atoms with Crippen LogP contribution in [0.4, 0.5) is 0 Å². The van der Waals surface area contributed by atoms with Crippen molar-refractivity contribution in [3.63, 3.8) is 0 Å². The number of aromatic nitrogens is 2. The van der Waals surface area contributed by atoms with Gasteiger partial charge in [0.1, 0.15) is 17.6 Å². The number of H-pyrrole nitrogens is 1. The minimum Gasteiger partial charge on any atom is -0.460 e. The summed E-state index contributed by atoms with van der Waals surface area (Å²) in [6, 6.07) is 7.46. The molecule has 0 saturated heterocycles. The lowest BCUT2D eigenvalue weighted by Gasteiger charge is -2.09. The molecule has 0 aliphatic heterocycles. The molecular weight excluding hydrogens is 322 g/mol. The second-order valence-electron chi connectivity index (χ2n) is 4.97. The number of aliphatic hydroxyl groups is 1. The molecule has 1 atom stereocenters. The molecule has 0 saturated carbocycles. The number of aryl methyl sites for hydroxylation is 1. The molecule has 3 aromatic heterocycles. The van der Waals surface area contributed by atoms with Gasteiger partial charge in [0.15, 0.2) is 5.76 Å². The van der Waals surface area contributed by atoms with Crippen molar-refractivity contribution in [2.24, 2.45) is 0 Å². The normalized spacial score (nSPS) is 12.7. The Labute approximate surface area is 136 Å². The number of furan rings is 1. The Hall–Kier alpha value is -1.60. The van der Waals surface area contributed by atoms with Crippen molar-refractivity contribution in [2.75, 3.05) is 6.54 Å². The standard InChI is InChI=1S/C15H16ClN3O2S/c1-9-2-3-12(21-9)15-10(7-18-19-15)6-17-8-11(20)13-4-5-14(16)22-13/h2-5,7,11,17,20H,6,8H2,1H3,(H,18,19). The Balaban J connectivity index is 1.59. The quantitative estimate of drug-likeness (QED) is 0.643. The second-order valence-corrected chi connectivity index (χ2v) is 6.72. The van der Waals surface area contributed by atoms with Crippen LogP contribution in [0.5, 0.6) is 0 Å². The average molecular weight is 338 g/mol. The summed E-state index contributed by atoms with van der Waals surface area (Å²) in [5.41, 5.74) is 1.85. The lowest BCUT2D eigenvalue weighted by Crippen LogP contribution is -2.20. The van der Waals surface area contributed by atoms with Gasteiger partial charge in [-0.05, 0) is 31.2 Å². The van der Waals surface area contributed by atoms with E-state index in [1.54, 1.807) is 12.3 Å². The van der Waals surface area contributed by atoms with E-state index in [1.807, 2.05) is 25.1 Å². The van der Waals surface area contributed by atoms with Crippen LogP contribution < -0.4 is 5.32 Å². The van der Waals surface area contributed by atoms with Gasteiger partial charge in [-0.3, -0.25) is 5.10 Å². The van der Waals surface area contributed by atoms with Crippen LogP contribution in [0.2, 0.25) is 4.34 Å². The number of halogens is 1. The van der Waals surface area contributed by atoms with Crippen LogP contribution in [-0.4, -0.2) is 21.8 Å². The van der Waals surface area contributed by atoms with Gasteiger partial charge in [0.25, 0.3) is 0 Å². The number of aromatic amines is 1. The summed E-state index contributed by atoms with van der Waals surface area (Å²) >= 11 is 7.26. The first kappa shape index (κ1) is 15.3. The molecule has 0 radical (unpaired) electrons. The summed E-state index contributed by atoms with van der Waals surface area (Å²) in [5.74, 6) is 1.62. The predicted molar refractivity (Wildman–Crippen MR) is 87.0 cm³/mol. The van der Waals surface area contributed by atoms with E-state index in [9.17, 15) is 5.11 Å². The van der Waals surface area contributed by atoms with E-state index in [0.717, 1.165) is 27.7 Å². The van der Waals surface area contributed by atoms with Crippen LogP contribution in [0, 0.1) is 6.92 Å². The SMILES string of the molecule is Cc1ccc(-c2[nH]ncc2CNCC(O)c2ccc(Cl)s2)o1. The summed E-state index contributed by atoms with van der Waals surface area (Å²) in [4.78, 5) is 0.853. The Bertz CT molecular complexity index is 749. The molecule has 0 aliphatic carbocycles. The molecule has 0 bridgehead atoms. The van der Waals surface area contributed by atoms with Gasteiger partial charge in [-0.1, -0.05) is 11.6 Å². The highest BCUT2D eigenvalue weighted by Crippen LogP contribution is 2.27. The molecule has 3 heterocycles. The zero-order valence-electron chi connectivity index (χ0n) is 12.0. The number of thiophene rings is 1. The zero-order valence-corrected chi connectivity index (χ0v) is 13.5. The monoisotopic (exact) mass is 337 g/mol. The largest absolute Gasteiger partial charge is 0.460 e. The third kappa shape index (κ3) is 3.41. The van der Waals surface area contributed by atoms with Crippen molar-refractivity contribution in [3.05, 3.63) is 51.0 Å². The molecule has 5 nitrogen and oxygen atoms in total. The smallest absolute Gasteiger partial charge is 0.152 e. The molecule has 0 fully saturated rings. The second kappa shape index (κ2) is 6.66. The van der Waals surface area contributed by atoms with E-state index in [2.05, 4.69) is 15.5 Å². The number of aliphatic hydroxyl groups excluding tert-OH is 1. The van der Waals surface area contributed by atoms with Gasteiger partial charge >= 0.3 is 0 Å². The first-order valence-electron chi connectivity index (χ1n) is 6.86. The molecule has 0 spiro atoms. The van der Waals surface area contributed by atoms with Gasteiger partial charge in [-0.15, -0.1) is 11.3 Å². The van der Waals surface area contributed by atoms with E-state index in [0.29, 0.717) is 17.4 Å². The first-order valence-corrected chi connectivity index (χ1v) is 8.06. The van der Waals surface area contributed by atoms with Crippen LogP contribution in [0.1, 0.15) is 22.3 Å². The zero-order chi connectivity index (χ0) is 15.5. The minimum absolute atomic E-state index is 0.443. The topological polar surface area (TPSA) is 74.1 Å². The molecule has 3 rings (SSSR count). The van der Waals surface area contributed by atoms with Gasteiger partial charge in [0, 0.05) is 23.5 Å². The Morgan fingerprint density at radius 1 is 1.41 bits per heavy atom. The summed E-state index contributed by atoms with van der Waals surface area (Å²) < 4.78 is 6.29. The molecular formula is C15H16ClN3O2S. The van der Waals surface area contributed by atoms with Crippen LogP contribution in [0.15, 0.2) is 34.9 Å². The lowest BCUT2D eigenvalue weighted by atomic mass is 10.2. The highest BCUT2D eigenvalue weighted by molar-refractivity contribution is 7.16. The summed E-state index contributed by atoms with van der Waals surface area (Å²) in [6.45, 7) is 2.93. The number of nitrogens with one attached hydrogen (secondary N) is 2. The van der Waals surface area contributed by atoms with Crippen molar-refractivity contribution in [1.82, 2.24) is 15.5 Å². The van der Waals surface area contributed by atoms with Crippen LogP contribution in [0.3, 0.4) is 0 Å². The highest BCUT2D eigenvalue weighted by atomic mass is 35.5. The van der Waals surface area contributed by atoms with Crippen molar-refractivity contribution in [2.45, 2.75) is 19.6 Å². The molecule has 0 amide bonds. The molecule has 7 heteroatoms. The first-order chi connectivity index (χ1) is 10.6. The fraction of sp³-hybridized carbons (Fsp3) is 0.267. The third-order valence-corrected chi connectivity index (χ3v) is 4.61. The van der Waals surface area contributed by atoms with Gasteiger partial charge in [0.05, 0.1) is 10.5 Å². The van der Waals surface area contributed by atoms with Crippen molar-refractivity contribution in [3.8, 4) is 11.5 Å². The van der Waals surface area contributed by atoms with E-state index in [1.165, 1.54) is 11.3 Å². The molecule has 3 aromatic rings. The van der Waals surface area contributed by atoms with E-state index in [-0.39, 0.29) is 0 Å². The van der Waals surface area contributed by atoms with Gasteiger partial charge in [-0.2, -0.15) is 5.10 Å². The summed E-state index contributed by atoms with van der Waals surface area (Å²) in [6.07, 6.45) is 1.19. The highest BCUT2D eigenvalue weighted by Gasteiger charge is 2.13. The summed E-state index contributed by atoms with van der Waals surface area (Å²) in [7, 11) is 0. The van der Waals surface area contributed by atoms with Crippen LogP contribution in [-0.2, 0) is 6.54 Å². The maximum Gasteiger partial charge on any atom is 0.152 e. The van der Waals surface area contributed by atoms with Crippen molar-refractivity contribution >= 4 is 22.9 Å². The minimum atomic E-state index is -0.571. The molecule has 0 aromatic carbocycles. The lowest BCUT2D eigenvalue weighted by molar-refractivity contribution is 0.178. The number of nitrogens with zero attached hydrogens (tertiary/aromatic N) is 1. The maximum absolute atomic E-state index is 10.1.